The molecule has 5 nitrogen and oxygen atoms in total. The number of benzene rings is 2. The summed E-state index contributed by atoms with van der Waals surface area (Å²) < 4.78 is 19.5. The first kappa shape index (κ1) is 17.9. The number of para-hydroxylation sites is 1. The van der Waals surface area contributed by atoms with Crippen LogP contribution in [0, 0.1) is 5.82 Å². The van der Waals surface area contributed by atoms with Crippen molar-refractivity contribution in [2.24, 2.45) is 0 Å². The topological polar surface area (TPSA) is 67.4 Å². The number of halogens is 2. The van der Waals surface area contributed by atoms with Crippen LogP contribution in [-0.4, -0.2) is 25.0 Å². The highest BCUT2D eigenvalue weighted by Crippen LogP contribution is 2.14. The smallest absolute Gasteiger partial charge is 0.258 e. The van der Waals surface area contributed by atoms with Gasteiger partial charge < -0.3 is 15.4 Å². The number of hydrogen-bond donors (Lipinski definition) is 2. The molecule has 0 atom stereocenters. The highest BCUT2D eigenvalue weighted by atomic mass is 79.9. The Labute approximate surface area is 147 Å². The van der Waals surface area contributed by atoms with E-state index in [0.717, 1.165) is 0 Å². The number of rotatable bonds is 7. The van der Waals surface area contributed by atoms with E-state index in [1.807, 2.05) is 6.07 Å². The number of hydrogen-bond acceptors (Lipinski definition) is 3. The van der Waals surface area contributed by atoms with Crippen molar-refractivity contribution in [1.82, 2.24) is 10.6 Å². The molecule has 7 heteroatoms. The predicted molar refractivity (Wildman–Crippen MR) is 90.9 cm³/mol. The number of nitrogens with one attached hydrogen (secondary N) is 2. The molecular formula is C17H16BrFN2O3. The van der Waals surface area contributed by atoms with Crippen LogP contribution in [0.2, 0.25) is 0 Å². The molecule has 0 aliphatic carbocycles. The maximum Gasteiger partial charge on any atom is 0.258 e. The summed E-state index contributed by atoms with van der Waals surface area (Å²) in [6.45, 7) is -0.331. The van der Waals surface area contributed by atoms with Crippen molar-refractivity contribution < 1.29 is 18.7 Å². The minimum Gasteiger partial charge on any atom is -0.484 e. The van der Waals surface area contributed by atoms with Gasteiger partial charge in [-0.3, -0.25) is 9.59 Å². The third kappa shape index (κ3) is 6.00. The van der Waals surface area contributed by atoms with E-state index < -0.39 is 17.6 Å². The van der Waals surface area contributed by atoms with Crippen LogP contribution in [0.5, 0.6) is 5.75 Å². The highest BCUT2D eigenvalue weighted by Gasteiger charge is 2.08. The normalized spacial score (nSPS) is 10.1. The van der Waals surface area contributed by atoms with Crippen LogP contribution < -0.4 is 15.4 Å². The lowest BCUT2D eigenvalue weighted by molar-refractivity contribution is -0.127. The third-order valence-electron chi connectivity index (χ3n) is 3.05. The van der Waals surface area contributed by atoms with Gasteiger partial charge in [0.25, 0.3) is 5.91 Å². The molecule has 2 aromatic rings. The molecule has 0 bridgehead atoms. The Kier molecular flexibility index (Phi) is 6.74. The van der Waals surface area contributed by atoms with Crippen LogP contribution in [0.15, 0.2) is 53.0 Å². The van der Waals surface area contributed by atoms with Gasteiger partial charge in [0.15, 0.2) is 6.61 Å². The van der Waals surface area contributed by atoms with E-state index in [1.54, 1.807) is 36.4 Å². The van der Waals surface area contributed by atoms with Gasteiger partial charge in [-0.1, -0.05) is 40.2 Å². The summed E-state index contributed by atoms with van der Waals surface area (Å²) in [6, 6.07) is 13.5. The molecule has 2 aromatic carbocycles. The fraction of sp³-hybridized carbons (Fsp3) is 0.176. The number of ether oxygens (including phenoxy) is 1. The summed E-state index contributed by atoms with van der Waals surface area (Å²) >= 11 is 3.16. The largest absolute Gasteiger partial charge is 0.484 e. The Morgan fingerprint density at radius 3 is 2.50 bits per heavy atom. The van der Waals surface area contributed by atoms with Crippen molar-refractivity contribution in [2.45, 2.75) is 6.54 Å². The molecule has 0 aliphatic heterocycles. The molecule has 0 heterocycles. The van der Waals surface area contributed by atoms with Crippen LogP contribution >= 0.6 is 15.9 Å². The maximum atomic E-state index is 13.6. The molecule has 0 aliphatic rings. The van der Waals surface area contributed by atoms with Crippen LogP contribution in [0.1, 0.15) is 5.56 Å². The Bertz CT molecular complexity index is 710. The molecule has 0 fully saturated rings. The number of amides is 2. The number of carbonyl (C=O) groups excluding carboxylic acids is 2. The van der Waals surface area contributed by atoms with Gasteiger partial charge in [-0.2, -0.15) is 0 Å². The molecule has 2 rings (SSSR count). The fourth-order valence-corrected chi connectivity index (χ4v) is 2.15. The van der Waals surface area contributed by atoms with Gasteiger partial charge in [0, 0.05) is 16.6 Å². The first-order valence-electron chi connectivity index (χ1n) is 7.20. The zero-order valence-corrected chi connectivity index (χ0v) is 14.3. The van der Waals surface area contributed by atoms with Crippen LogP contribution in [0.25, 0.3) is 0 Å². The minimum absolute atomic E-state index is 0.0499. The molecule has 126 valence electrons. The first-order valence-corrected chi connectivity index (χ1v) is 7.99. The lowest BCUT2D eigenvalue weighted by Gasteiger charge is -2.09. The molecule has 0 saturated heterocycles. The van der Waals surface area contributed by atoms with Crippen LogP contribution in [0.4, 0.5) is 4.39 Å². The van der Waals surface area contributed by atoms with Crippen molar-refractivity contribution in [3.8, 4) is 5.75 Å². The van der Waals surface area contributed by atoms with Gasteiger partial charge in [-0.15, -0.1) is 0 Å². The van der Waals surface area contributed by atoms with Crippen LogP contribution in [0.3, 0.4) is 0 Å². The van der Waals surface area contributed by atoms with Gasteiger partial charge >= 0.3 is 0 Å². The van der Waals surface area contributed by atoms with Crippen molar-refractivity contribution in [2.75, 3.05) is 13.2 Å². The molecule has 0 aromatic heterocycles. The maximum absolute atomic E-state index is 13.6. The zero-order chi connectivity index (χ0) is 17.4. The van der Waals surface area contributed by atoms with Gasteiger partial charge in [0.2, 0.25) is 5.91 Å². The second kappa shape index (κ2) is 9.02. The van der Waals surface area contributed by atoms with Gasteiger partial charge in [-0.25, -0.2) is 4.39 Å². The summed E-state index contributed by atoms with van der Waals surface area (Å²) in [7, 11) is 0. The van der Waals surface area contributed by atoms with Gasteiger partial charge in [0.1, 0.15) is 11.6 Å². The van der Waals surface area contributed by atoms with Gasteiger partial charge in [0.05, 0.1) is 6.54 Å². The standard InChI is InChI=1S/C17H16BrFN2O3/c18-13-7-6-12(15(19)8-13)9-20-16(22)10-21-17(23)11-24-14-4-2-1-3-5-14/h1-8H,9-11H2,(H,20,22)(H,21,23). The molecular weight excluding hydrogens is 379 g/mol. The Morgan fingerprint density at radius 1 is 1.04 bits per heavy atom. The summed E-state index contributed by atoms with van der Waals surface area (Å²) in [6.07, 6.45) is 0. The van der Waals surface area contributed by atoms with Crippen molar-refractivity contribution in [3.05, 3.63) is 64.4 Å². The van der Waals surface area contributed by atoms with E-state index in [4.69, 9.17) is 4.74 Å². The van der Waals surface area contributed by atoms with Crippen molar-refractivity contribution in [1.29, 1.82) is 0 Å². The van der Waals surface area contributed by atoms with E-state index in [1.165, 1.54) is 6.07 Å². The molecule has 0 unspecified atom stereocenters. The minimum atomic E-state index is -0.413. The zero-order valence-electron chi connectivity index (χ0n) is 12.7. The lowest BCUT2D eigenvalue weighted by Crippen LogP contribution is -2.38. The molecule has 0 radical (unpaired) electrons. The molecule has 0 spiro atoms. The van der Waals surface area contributed by atoms with Crippen molar-refractivity contribution in [3.63, 3.8) is 0 Å². The molecule has 0 saturated carbocycles. The second-order valence-corrected chi connectivity index (χ2v) is 5.81. The summed E-state index contributed by atoms with van der Waals surface area (Å²) in [4.78, 5) is 23.3. The SMILES string of the molecule is O=C(CNC(=O)COc1ccccc1)NCc1ccc(Br)cc1F. The molecule has 24 heavy (non-hydrogen) atoms. The van der Waals surface area contributed by atoms with Crippen molar-refractivity contribution >= 4 is 27.7 Å². The monoisotopic (exact) mass is 394 g/mol. The summed E-state index contributed by atoms with van der Waals surface area (Å²) in [5, 5.41) is 4.97. The predicted octanol–water partition coefficient (Wildman–Crippen LogP) is 2.40. The Hall–Kier alpha value is -2.41. The molecule has 2 N–H and O–H groups in total. The highest BCUT2D eigenvalue weighted by molar-refractivity contribution is 9.10. The summed E-state index contributed by atoms with van der Waals surface area (Å²) in [5.41, 5.74) is 0.366. The lowest BCUT2D eigenvalue weighted by atomic mass is 10.2. The van der Waals surface area contributed by atoms with Gasteiger partial charge in [-0.05, 0) is 24.3 Å². The first-order chi connectivity index (χ1) is 11.5. The average Bonchev–Trinajstić information content (AvgIpc) is 2.58. The van der Waals surface area contributed by atoms with Crippen LogP contribution in [-0.2, 0) is 16.1 Å². The summed E-state index contributed by atoms with van der Waals surface area (Å²) in [5.74, 6) is -0.665. The quantitative estimate of drug-likeness (QED) is 0.757. The number of carbonyl (C=O) groups is 2. The molecule has 2 amide bonds. The van der Waals surface area contributed by atoms with E-state index in [-0.39, 0.29) is 19.7 Å². The Morgan fingerprint density at radius 2 is 1.79 bits per heavy atom. The van der Waals surface area contributed by atoms with E-state index in [2.05, 4.69) is 26.6 Å². The second-order valence-electron chi connectivity index (χ2n) is 4.89. The van der Waals surface area contributed by atoms with E-state index in [9.17, 15) is 14.0 Å². The third-order valence-corrected chi connectivity index (χ3v) is 3.54. The fourth-order valence-electron chi connectivity index (χ4n) is 1.82. The Balaban J connectivity index is 1.68. The van der Waals surface area contributed by atoms with E-state index >= 15 is 0 Å². The van der Waals surface area contributed by atoms with E-state index in [0.29, 0.717) is 15.8 Å². The average molecular weight is 395 g/mol.